The molecule has 1 aliphatic carbocycles. The second kappa shape index (κ2) is 9.03. The summed E-state index contributed by atoms with van der Waals surface area (Å²) in [6.45, 7) is 0. The topological polar surface area (TPSA) is 92.2 Å². The fourth-order valence-electron chi connectivity index (χ4n) is 6.57. The third-order valence-electron chi connectivity index (χ3n) is 8.23. The van der Waals surface area contributed by atoms with Crippen LogP contribution in [-0.4, -0.2) is 35.3 Å². The van der Waals surface area contributed by atoms with Gasteiger partial charge in [-0.2, -0.15) is 0 Å². The number of ether oxygens (including phenoxy) is 3. The molecule has 3 aliphatic rings. The number of benzene rings is 3. The molecular formula is C29H30N2O5S. The molecule has 1 spiro atoms. The zero-order chi connectivity index (χ0) is 25.7. The van der Waals surface area contributed by atoms with Gasteiger partial charge in [0.25, 0.3) is 0 Å². The van der Waals surface area contributed by atoms with E-state index in [1.807, 2.05) is 30.3 Å². The van der Waals surface area contributed by atoms with Gasteiger partial charge in [-0.3, -0.25) is 0 Å². The maximum absolute atomic E-state index is 11.0. The molecule has 8 heteroatoms. The van der Waals surface area contributed by atoms with Gasteiger partial charge in [-0.05, 0) is 66.5 Å². The Morgan fingerprint density at radius 2 is 1.49 bits per heavy atom. The lowest BCUT2D eigenvalue weighted by atomic mass is 9.60. The van der Waals surface area contributed by atoms with Gasteiger partial charge in [-0.15, -0.1) is 0 Å². The number of fused-ring (bicyclic) bond motifs is 1. The Hall–Kier alpha value is -3.65. The van der Waals surface area contributed by atoms with E-state index < -0.39 is 5.72 Å². The highest BCUT2D eigenvalue weighted by Gasteiger charge is 2.61. The summed E-state index contributed by atoms with van der Waals surface area (Å²) in [7, 11) is 3.31. The van der Waals surface area contributed by atoms with Crippen LogP contribution < -0.4 is 24.8 Å². The average Bonchev–Trinajstić information content (AvgIpc) is 2.93. The fourth-order valence-corrected chi connectivity index (χ4v) is 6.86. The van der Waals surface area contributed by atoms with Crippen LogP contribution in [0.3, 0.4) is 0 Å². The van der Waals surface area contributed by atoms with E-state index in [-0.39, 0.29) is 35.3 Å². The maximum atomic E-state index is 11.0. The predicted molar refractivity (Wildman–Crippen MR) is 143 cm³/mol. The molecule has 1 saturated carbocycles. The Morgan fingerprint density at radius 1 is 0.865 bits per heavy atom. The van der Waals surface area contributed by atoms with E-state index >= 15 is 0 Å². The zero-order valence-electron chi connectivity index (χ0n) is 20.7. The molecule has 3 aromatic rings. The van der Waals surface area contributed by atoms with Gasteiger partial charge in [-0.25, -0.2) is 0 Å². The SMILES string of the molecule is COc1ccc([C@H]2c3ccc(O)c(O)c3O[C@]34NC(=S)N[C@@H](c5ccc(OC)cc5)[C@@H]3CCC[C@H]24)cc1. The van der Waals surface area contributed by atoms with Gasteiger partial charge in [0.15, 0.2) is 22.3 Å². The first kappa shape index (κ1) is 23.7. The number of nitrogens with one attached hydrogen (secondary N) is 2. The van der Waals surface area contributed by atoms with Crippen molar-refractivity contribution in [2.24, 2.45) is 11.8 Å². The van der Waals surface area contributed by atoms with E-state index in [0.717, 1.165) is 47.5 Å². The largest absolute Gasteiger partial charge is 0.504 e. The highest BCUT2D eigenvalue weighted by atomic mass is 32.1. The highest BCUT2D eigenvalue weighted by molar-refractivity contribution is 7.80. The molecule has 0 aromatic heterocycles. The van der Waals surface area contributed by atoms with Crippen molar-refractivity contribution in [3.63, 3.8) is 0 Å². The van der Waals surface area contributed by atoms with Crippen LogP contribution in [0.5, 0.6) is 28.7 Å². The minimum atomic E-state index is -0.881. The van der Waals surface area contributed by atoms with Crippen molar-refractivity contribution in [1.29, 1.82) is 0 Å². The van der Waals surface area contributed by atoms with E-state index in [4.69, 9.17) is 26.4 Å². The summed E-state index contributed by atoms with van der Waals surface area (Å²) < 4.78 is 17.6. The molecule has 2 aliphatic heterocycles. The number of aromatic hydroxyl groups is 2. The van der Waals surface area contributed by atoms with Crippen molar-refractivity contribution in [2.75, 3.05) is 14.2 Å². The molecule has 0 amide bonds. The second-order valence-electron chi connectivity index (χ2n) is 9.99. The predicted octanol–water partition coefficient (Wildman–Crippen LogP) is 4.97. The van der Waals surface area contributed by atoms with Gasteiger partial charge in [0.1, 0.15) is 11.5 Å². The van der Waals surface area contributed by atoms with E-state index in [2.05, 4.69) is 34.9 Å². The number of hydrogen-bond donors (Lipinski definition) is 4. The molecule has 7 nitrogen and oxygen atoms in total. The molecule has 2 heterocycles. The van der Waals surface area contributed by atoms with Gasteiger partial charge in [0.2, 0.25) is 5.75 Å². The minimum absolute atomic E-state index is 0.00184. The van der Waals surface area contributed by atoms with Crippen LogP contribution in [0.1, 0.15) is 47.9 Å². The van der Waals surface area contributed by atoms with E-state index in [9.17, 15) is 10.2 Å². The first-order valence-corrected chi connectivity index (χ1v) is 13.0. The Morgan fingerprint density at radius 3 is 2.14 bits per heavy atom. The van der Waals surface area contributed by atoms with Gasteiger partial charge in [0.05, 0.1) is 20.3 Å². The third kappa shape index (κ3) is 3.73. The van der Waals surface area contributed by atoms with Gasteiger partial charge in [0, 0.05) is 23.3 Å². The number of rotatable bonds is 4. The quantitative estimate of drug-likeness (QED) is 0.284. The van der Waals surface area contributed by atoms with Crippen LogP contribution in [0.15, 0.2) is 60.7 Å². The van der Waals surface area contributed by atoms with Crippen molar-refractivity contribution in [3.8, 4) is 28.7 Å². The van der Waals surface area contributed by atoms with Crippen LogP contribution in [0.2, 0.25) is 0 Å². The molecular weight excluding hydrogens is 488 g/mol. The first-order chi connectivity index (χ1) is 17.9. The molecule has 3 aromatic carbocycles. The Kier molecular flexibility index (Phi) is 5.79. The van der Waals surface area contributed by atoms with Crippen LogP contribution in [0.25, 0.3) is 0 Å². The third-order valence-corrected chi connectivity index (χ3v) is 8.45. The average molecular weight is 519 g/mol. The molecule has 1 saturated heterocycles. The van der Waals surface area contributed by atoms with Gasteiger partial charge >= 0.3 is 0 Å². The summed E-state index contributed by atoms with van der Waals surface area (Å²) >= 11 is 5.75. The zero-order valence-corrected chi connectivity index (χ0v) is 21.5. The maximum Gasteiger partial charge on any atom is 0.200 e. The molecule has 0 radical (unpaired) electrons. The summed E-state index contributed by atoms with van der Waals surface area (Å²) in [5.74, 6) is 1.35. The molecule has 6 rings (SSSR count). The number of phenols is 2. The monoisotopic (exact) mass is 518 g/mol. The van der Waals surface area contributed by atoms with Crippen LogP contribution >= 0.6 is 12.2 Å². The summed E-state index contributed by atoms with van der Waals surface area (Å²) in [5, 5.41) is 28.9. The van der Waals surface area contributed by atoms with Crippen molar-refractivity contribution < 1.29 is 24.4 Å². The van der Waals surface area contributed by atoms with E-state index in [1.54, 1.807) is 14.2 Å². The van der Waals surface area contributed by atoms with Crippen LogP contribution in [0.4, 0.5) is 0 Å². The van der Waals surface area contributed by atoms with Gasteiger partial charge < -0.3 is 35.1 Å². The standard InChI is InChI=1S/C29H30N2O5S/c1-34-18-10-6-16(7-11-18)24-20-14-15-23(32)26(33)27(20)36-29-21(24)4-3-5-22(29)25(30-28(37)31-29)17-8-12-19(35-2)13-9-17/h6-15,21-22,24-25,32-33H,3-5H2,1-2H3,(H2,30,31,37)/t21-,22+,24+,25+,29+/m1/s1. The smallest absolute Gasteiger partial charge is 0.200 e. The number of thiocarbonyl (C=S) groups is 1. The lowest BCUT2D eigenvalue weighted by Gasteiger charge is -2.59. The lowest BCUT2D eigenvalue weighted by molar-refractivity contribution is -0.122. The van der Waals surface area contributed by atoms with E-state index in [0.29, 0.717) is 10.9 Å². The summed E-state index contributed by atoms with van der Waals surface area (Å²) in [6, 6.07) is 19.4. The summed E-state index contributed by atoms with van der Waals surface area (Å²) in [6.07, 6.45) is 2.84. The number of hydrogen-bond acceptors (Lipinski definition) is 6. The van der Waals surface area contributed by atoms with Crippen molar-refractivity contribution in [2.45, 2.75) is 36.9 Å². The Bertz CT molecular complexity index is 1330. The van der Waals surface area contributed by atoms with Crippen LogP contribution in [-0.2, 0) is 0 Å². The molecule has 5 atom stereocenters. The van der Waals surface area contributed by atoms with Gasteiger partial charge in [-0.1, -0.05) is 36.8 Å². The van der Waals surface area contributed by atoms with Crippen molar-refractivity contribution in [1.82, 2.24) is 10.6 Å². The lowest BCUT2D eigenvalue weighted by Crippen LogP contribution is -2.73. The molecule has 2 fully saturated rings. The number of methoxy groups -OCH3 is 2. The van der Waals surface area contributed by atoms with E-state index in [1.165, 1.54) is 6.07 Å². The molecule has 0 unspecified atom stereocenters. The normalized spacial score (nSPS) is 27.9. The minimum Gasteiger partial charge on any atom is -0.504 e. The Balaban J connectivity index is 1.52. The summed E-state index contributed by atoms with van der Waals surface area (Å²) in [5.41, 5.74) is 2.15. The fraction of sp³-hybridized carbons (Fsp3) is 0.345. The van der Waals surface area contributed by atoms with Crippen LogP contribution in [0, 0.1) is 11.8 Å². The molecule has 0 bridgehead atoms. The van der Waals surface area contributed by atoms with Crippen molar-refractivity contribution in [3.05, 3.63) is 77.4 Å². The summed E-state index contributed by atoms with van der Waals surface area (Å²) in [4.78, 5) is 0. The highest BCUT2D eigenvalue weighted by Crippen LogP contribution is 2.60. The Labute approximate surface area is 221 Å². The molecule has 4 N–H and O–H groups in total. The number of phenolic OH excluding ortho intramolecular Hbond substituents is 2. The molecule has 37 heavy (non-hydrogen) atoms. The second-order valence-corrected chi connectivity index (χ2v) is 10.4. The molecule has 192 valence electrons. The first-order valence-electron chi connectivity index (χ1n) is 12.6. The van der Waals surface area contributed by atoms with Crippen molar-refractivity contribution >= 4 is 17.3 Å².